The molecule has 0 unspecified atom stereocenters. The molecule has 0 radical (unpaired) electrons. The van der Waals surface area contributed by atoms with Gasteiger partial charge in [0.05, 0.1) is 31.3 Å². The maximum absolute atomic E-state index is 12.9. The number of nitrogens with zero attached hydrogens (tertiary/aromatic N) is 3. The van der Waals surface area contributed by atoms with Crippen LogP contribution in [-0.2, 0) is 9.53 Å². The summed E-state index contributed by atoms with van der Waals surface area (Å²) < 4.78 is 17.4. The first-order chi connectivity index (χ1) is 14.3. The molecule has 156 valence electrons. The van der Waals surface area contributed by atoms with Gasteiger partial charge in [0.15, 0.2) is 18.1 Å². The average molecular weight is 495 g/mol. The van der Waals surface area contributed by atoms with Crippen molar-refractivity contribution in [1.82, 2.24) is 9.66 Å². The summed E-state index contributed by atoms with van der Waals surface area (Å²) in [6.07, 6.45) is 1.39. The molecule has 10 heteroatoms. The smallest absolute Gasteiger partial charge is 0.343 e. The fourth-order valence-corrected chi connectivity index (χ4v) is 3.27. The molecule has 0 N–H and O–H groups in total. The summed E-state index contributed by atoms with van der Waals surface area (Å²) in [4.78, 5) is 28.8. The quantitative estimate of drug-likeness (QED) is 0.384. The van der Waals surface area contributed by atoms with Crippen LogP contribution in [0.2, 0.25) is 5.02 Å². The number of rotatable bonds is 6. The molecular weight excluding hydrogens is 478 g/mol. The molecule has 3 rings (SSSR count). The second kappa shape index (κ2) is 9.27. The number of carbonyl (C=O) groups excluding carboxylic acids is 1. The Morgan fingerprint density at radius 1 is 1.30 bits per heavy atom. The number of ether oxygens (including phenoxy) is 3. The third-order valence-corrected chi connectivity index (χ3v) is 4.82. The molecule has 8 nitrogen and oxygen atoms in total. The summed E-state index contributed by atoms with van der Waals surface area (Å²) in [7, 11) is 2.70. The van der Waals surface area contributed by atoms with Crippen LogP contribution in [0.1, 0.15) is 11.4 Å². The average Bonchev–Trinajstić information content (AvgIpc) is 2.72. The Kier molecular flexibility index (Phi) is 6.73. The molecule has 30 heavy (non-hydrogen) atoms. The SMILES string of the molecule is COC(=O)COc1c(C=Nn2c(C)nc3ccc(Br)cc3c2=O)cc(Cl)cc1OC. The first-order valence-corrected chi connectivity index (χ1v) is 9.81. The lowest BCUT2D eigenvalue weighted by atomic mass is 10.2. The Hall–Kier alpha value is -2.91. The molecule has 1 heterocycles. The molecule has 0 spiro atoms. The minimum atomic E-state index is -0.564. The highest BCUT2D eigenvalue weighted by molar-refractivity contribution is 9.10. The van der Waals surface area contributed by atoms with Gasteiger partial charge in [-0.2, -0.15) is 9.78 Å². The van der Waals surface area contributed by atoms with Crippen LogP contribution in [0, 0.1) is 6.92 Å². The fourth-order valence-electron chi connectivity index (χ4n) is 2.70. The van der Waals surface area contributed by atoms with Gasteiger partial charge >= 0.3 is 5.97 Å². The Balaban J connectivity index is 2.08. The summed E-state index contributed by atoms with van der Waals surface area (Å²) in [6.45, 7) is 1.34. The van der Waals surface area contributed by atoms with E-state index in [1.54, 1.807) is 25.1 Å². The molecule has 0 aliphatic heterocycles. The minimum Gasteiger partial charge on any atom is -0.493 e. The van der Waals surface area contributed by atoms with Gasteiger partial charge in [-0.15, -0.1) is 0 Å². The third kappa shape index (κ3) is 4.63. The largest absolute Gasteiger partial charge is 0.493 e. The summed E-state index contributed by atoms with van der Waals surface area (Å²) in [5.41, 5.74) is 0.642. The maximum atomic E-state index is 12.9. The molecule has 0 saturated heterocycles. The first-order valence-electron chi connectivity index (χ1n) is 8.64. The van der Waals surface area contributed by atoms with Crippen LogP contribution in [0.5, 0.6) is 11.5 Å². The van der Waals surface area contributed by atoms with E-state index in [4.69, 9.17) is 21.1 Å². The van der Waals surface area contributed by atoms with Crippen LogP contribution in [0.25, 0.3) is 10.9 Å². The predicted octanol–water partition coefficient (Wildman–Crippen LogP) is 3.56. The zero-order chi connectivity index (χ0) is 21.8. The van der Waals surface area contributed by atoms with Crippen LogP contribution in [0.15, 0.2) is 44.7 Å². The Labute approximate surface area is 185 Å². The van der Waals surface area contributed by atoms with Gasteiger partial charge in [0.2, 0.25) is 0 Å². The fraction of sp³-hybridized carbons (Fsp3) is 0.200. The minimum absolute atomic E-state index is 0.234. The van der Waals surface area contributed by atoms with Gasteiger partial charge < -0.3 is 14.2 Å². The lowest BCUT2D eigenvalue weighted by Gasteiger charge is -2.13. The van der Waals surface area contributed by atoms with Crippen molar-refractivity contribution in [3.63, 3.8) is 0 Å². The van der Waals surface area contributed by atoms with Crippen LogP contribution in [0.4, 0.5) is 0 Å². The Morgan fingerprint density at radius 2 is 2.07 bits per heavy atom. The Bertz CT molecular complexity index is 1210. The van der Waals surface area contributed by atoms with Crippen LogP contribution in [-0.4, -0.2) is 42.7 Å². The van der Waals surface area contributed by atoms with Gasteiger partial charge in [-0.3, -0.25) is 4.79 Å². The second-order valence-corrected chi connectivity index (χ2v) is 7.43. The summed E-state index contributed by atoms with van der Waals surface area (Å²) >= 11 is 9.51. The van der Waals surface area contributed by atoms with Crippen molar-refractivity contribution in [2.24, 2.45) is 5.10 Å². The van der Waals surface area contributed by atoms with Gasteiger partial charge in [0.25, 0.3) is 5.56 Å². The van der Waals surface area contributed by atoms with Crippen molar-refractivity contribution >= 4 is 50.6 Å². The van der Waals surface area contributed by atoms with Crippen molar-refractivity contribution in [1.29, 1.82) is 0 Å². The molecule has 0 aliphatic rings. The van der Waals surface area contributed by atoms with Crippen molar-refractivity contribution in [3.8, 4) is 11.5 Å². The van der Waals surface area contributed by atoms with Crippen molar-refractivity contribution < 1.29 is 19.0 Å². The van der Waals surface area contributed by atoms with E-state index in [2.05, 4.69) is 30.8 Å². The number of carbonyl (C=O) groups is 1. The number of esters is 1. The second-order valence-electron chi connectivity index (χ2n) is 6.07. The van der Waals surface area contributed by atoms with E-state index in [-0.39, 0.29) is 17.9 Å². The number of benzene rings is 2. The molecule has 0 saturated carbocycles. The highest BCUT2D eigenvalue weighted by atomic mass is 79.9. The molecule has 3 aromatic rings. The van der Waals surface area contributed by atoms with Gasteiger partial charge in [-0.25, -0.2) is 9.78 Å². The van der Waals surface area contributed by atoms with E-state index in [0.717, 1.165) is 4.47 Å². The van der Waals surface area contributed by atoms with Crippen molar-refractivity contribution in [2.45, 2.75) is 6.92 Å². The van der Waals surface area contributed by atoms with E-state index in [0.29, 0.717) is 33.1 Å². The predicted molar refractivity (Wildman–Crippen MR) is 117 cm³/mol. The number of halogens is 2. The van der Waals surface area contributed by atoms with E-state index in [9.17, 15) is 9.59 Å². The van der Waals surface area contributed by atoms with Crippen LogP contribution in [0.3, 0.4) is 0 Å². The lowest BCUT2D eigenvalue weighted by Crippen LogP contribution is -2.20. The standard InChI is InChI=1S/C20H17BrClN3O5/c1-11-24-16-5-4-13(21)7-15(16)20(27)25(11)23-9-12-6-14(22)8-17(28-2)19(12)30-10-18(26)29-3/h4-9H,10H2,1-3H3. The lowest BCUT2D eigenvalue weighted by molar-refractivity contribution is -0.142. The molecule has 0 bridgehead atoms. The highest BCUT2D eigenvalue weighted by Gasteiger charge is 2.15. The Morgan fingerprint density at radius 3 is 2.77 bits per heavy atom. The summed E-state index contributed by atoms with van der Waals surface area (Å²) in [5, 5.41) is 5.05. The molecule has 1 aromatic heterocycles. The van der Waals surface area contributed by atoms with Crippen LogP contribution < -0.4 is 15.0 Å². The van der Waals surface area contributed by atoms with E-state index in [1.165, 1.54) is 31.2 Å². The summed E-state index contributed by atoms with van der Waals surface area (Å²) in [5.74, 6) is 0.374. The number of hydrogen-bond donors (Lipinski definition) is 0. The normalized spacial score (nSPS) is 11.1. The maximum Gasteiger partial charge on any atom is 0.343 e. The first kappa shape index (κ1) is 21.8. The highest BCUT2D eigenvalue weighted by Crippen LogP contribution is 2.34. The monoisotopic (exact) mass is 493 g/mol. The van der Waals surface area contributed by atoms with Crippen LogP contribution >= 0.6 is 27.5 Å². The van der Waals surface area contributed by atoms with Gasteiger partial charge in [0.1, 0.15) is 5.82 Å². The molecular formula is C20H17BrClN3O5. The van der Waals surface area contributed by atoms with Gasteiger partial charge in [-0.05, 0) is 31.2 Å². The molecule has 0 fully saturated rings. The third-order valence-electron chi connectivity index (χ3n) is 4.11. The zero-order valence-electron chi connectivity index (χ0n) is 16.3. The van der Waals surface area contributed by atoms with Gasteiger partial charge in [0, 0.05) is 21.1 Å². The number of methoxy groups -OCH3 is 2. The van der Waals surface area contributed by atoms with Crippen molar-refractivity contribution in [2.75, 3.05) is 20.8 Å². The van der Waals surface area contributed by atoms with Gasteiger partial charge in [-0.1, -0.05) is 27.5 Å². The van der Waals surface area contributed by atoms with Crippen molar-refractivity contribution in [3.05, 3.63) is 61.6 Å². The molecule has 0 amide bonds. The number of fused-ring (bicyclic) bond motifs is 1. The molecule has 2 aromatic carbocycles. The zero-order valence-corrected chi connectivity index (χ0v) is 18.7. The van der Waals surface area contributed by atoms with E-state index >= 15 is 0 Å². The number of hydrogen-bond acceptors (Lipinski definition) is 7. The summed E-state index contributed by atoms with van der Waals surface area (Å²) in [6, 6.07) is 8.36. The number of aromatic nitrogens is 2. The van der Waals surface area contributed by atoms with E-state index < -0.39 is 5.97 Å². The van der Waals surface area contributed by atoms with E-state index in [1.807, 2.05) is 6.07 Å². The topological polar surface area (TPSA) is 92.0 Å². The molecule has 0 aliphatic carbocycles. The molecule has 0 atom stereocenters. The number of aryl methyl sites for hydroxylation is 1.